The molecule has 0 aromatic rings. The second kappa shape index (κ2) is 6.83. The molecule has 1 fully saturated rings. The van der Waals surface area contributed by atoms with Gasteiger partial charge in [-0.25, -0.2) is 0 Å². The standard InChI is InChI=1S/C12H23NO2/c1-2-3-8-13-12(15)11-6-4-10(9-14)5-7-11/h10-11,14H,2-9H2,1H3,(H,13,15). The van der Waals surface area contributed by atoms with Crippen molar-refractivity contribution in [3.63, 3.8) is 0 Å². The van der Waals surface area contributed by atoms with Crippen LogP contribution in [0.5, 0.6) is 0 Å². The number of carbonyl (C=O) groups is 1. The summed E-state index contributed by atoms with van der Waals surface area (Å²) in [5, 5.41) is 12.0. The number of carbonyl (C=O) groups excluding carboxylic acids is 1. The van der Waals surface area contributed by atoms with Crippen LogP contribution >= 0.6 is 0 Å². The first-order valence-corrected chi connectivity index (χ1v) is 6.16. The molecule has 1 aliphatic rings. The summed E-state index contributed by atoms with van der Waals surface area (Å²) in [6, 6.07) is 0. The Hall–Kier alpha value is -0.570. The van der Waals surface area contributed by atoms with E-state index in [2.05, 4.69) is 12.2 Å². The highest BCUT2D eigenvalue weighted by Gasteiger charge is 2.25. The van der Waals surface area contributed by atoms with E-state index in [9.17, 15) is 4.79 Å². The zero-order valence-electron chi connectivity index (χ0n) is 9.67. The molecule has 1 saturated carbocycles. The topological polar surface area (TPSA) is 49.3 Å². The minimum atomic E-state index is 0.199. The lowest BCUT2D eigenvalue weighted by Crippen LogP contribution is -2.34. The predicted molar refractivity (Wildman–Crippen MR) is 60.5 cm³/mol. The van der Waals surface area contributed by atoms with Crippen LogP contribution in [0, 0.1) is 11.8 Å². The molecule has 0 heterocycles. The fourth-order valence-electron chi connectivity index (χ4n) is 2.14. The van der Waals surface area contributed by atoms with E-state index in [-0.39, 0.29) is 18.4 Å². The highest BCUT2D eigenvalue weighted by Crippen LogP contribution is 2.28. The summed E-state index contributed by atoms with van der Waals surface area (Å²) in [4.78, 5) is 11.7. The third kappa shape index (κ3) is 4.20. The van der Waals surface area contributed by atoms with Crippen LogP contribution in [0.15, 0.2) is 0 Å². The number of amides is 1. The van der Waals surface area contributed by atoms with E-state index < -0.39 is 0 Å². The predicted octanol–water partition coefficient (Wildman–Crippen LogP) is 1.70. The lowest BCUT2D eigenvalue weighted by molar-refractivity contribution is -0.126. The Kier molecular flexibility index (Phi) is 5.69. The van der Waals surface area contributed by atoms with Crippen molar-refractivity contribution in [2.45, 2.75) is 45.4 Å². The van der Waals surface area contributed by atoms with Crippen molar-refractivity contribution < 1.29 is 9.90 Å². The molecular formula is C12H23NO2. The zero-order valence-corrected chi connectivity index (χ0v) is 9.67. The van der Waals surface area contributed by atoms with Crippen molar-refractivity contribution in [3.8, 4) is 0 Å². The van der Waals surface area contributed by atoms with Gasteiger partial charge in [-0.05, 0) is 38.0 Å². The molecule has 0 aliphatic heterocycles. The fraction of sp³-hybridized carbons (Fsp3) is 0.917. The van der Waals surface area contributed by atoms with Gasteiger partial charge in [-0.15, -0.1) is 0 Å². The summed E-state index contributed by atoms with van der Waals surface area (Å²) in [7, 11) is 0. The van der Waals surface area contributed by atoms with Crippen molar-refractivity contribution in [2.75, 3.05) is 13.2 Å². The van der Waals surface area contributed by atoms with Gasteiger partial charge in [0.2, 0.25) is 5.91 Å². The van der Waals surface area contributed by atoms with Crippen LogP contribution in [-0.4, -0.2) is 24.2 Å². The monoisotopic (exact) mass is 213 g/mol. The molecule has 0 bridgehead atoms. The third-order valence-corrected chi connectivity index (χ3v) is 3.31. The van der Waals surface area contributed by atoms with E-state index in [0.717, 1.165) is 45.1 Å². The molecule has 3 heteroatoms. The Morgan fingerprint density at radius 3 is 2.53 bits per heavy atom. The molecule has 15 heavy (non-hydrogen) atoms. The summed E-state index contributed by atoms with van der Waals surface area (Å²) < 4.78 is 0. The normalized spacial score (nSPS) is 26.3. The van der Waals surface area contributed by atoms with Crippen molar-refractivity contribution in [2.24, 2.45) is 11.8 Å². The van der Waals surface area contributed by atoms with Crippen LogP contribution in [0.3, 0.4) is 0 Å². The maximum absolute atomic E-state index is 11.7. The molecule has 3 nitrogen and oxygen atoms in total. The first kappa shape index (κ1) is 12.5. The smallest absolute Gasteiger partial charge is 0.223 e. The van der Waals surface area contributed by atoms with E-state index >= 15 is 0 Å². The van der Waals surface area contributed by atoms with E-state index in [1.54, 1.807) is 0 Å². The van der Waals surface area contributed by atoms with Gasteiger partial charge in [0.05, 0.1) is 0 Å². The molecule has 2 N–H and O–H groups in total. The number of unbranched alkanes of at least 4 members (excludes halogenated alkanes) is 1. The third-order valence-electron chi connectivity index (χ3n) is 3.31. The Bertz CT molecular complexity index is 186. The summed E-state index contributed by atoms with van der Waals surface area (Å²) in [6.45, 7) is 3.22. The fourth-order valence-corrected chi connectivity index (χ4v) is 2.14. The van der Waals surface area contributed by atoms with Crippen molar-refractivity contribution >= 4 is 5.91 Å². The molecule has 0 saturated heterocycles. The molecule has 1 rings (SSSR count). The van der Waals surface area contributed by atoms with Gasteiger partial charge in [-0.1, -0.05) is 13.3 Å². The first-order chi connectivity index (χ1) is 7.27. The van der Waals surface area contributed by atoms with Crippen molar-refractivity contribution in [1.82, 2.24) is 5.32 Å². The first-order valence-electron chi connectivity index (χ1n) is 6.16. The van der Waals surface area contributed by atoms with Crippen molar-refractivity contribution in [3.05, 3.63) is 0 Å². The van der Waals surface area contributed by atoms with Gasteiger partial charge in [-0.2, -0.15) is 0 Å². The minimum Gasteiger partial charge on any atom is -0.396 e. The number of hydrogen-bond donors (Lipinski definition) is 2. The molecular weight excluding hydrogens is 190 g/mol. The molecule has 0 unspecified atom stereocenters. The van der Waals surface area contributed by atoms with Gasteiger partial charge < -0.3 is 10.4 Å². The lowest BCUT2D eigenvalue weighted by atomic mass is 9.82. The second-order valence-corrected chi connectivity index (χ2v) is 4.54. The number of aliphatic hydroxyl groups excluding tert-OH is 1. The molecule has 88 valence electrons. The molecule has 0 aromatic heterocycles. The highest BCUT2D eigenvalue weighted by molar-refractivity contribution is 5.78. The maximum atomic E-state index is 11.7. The second-order valence-electron chi connectivity index (χ2n) is 4.54. The molecule has 1 amide bonds. The van der Waals surface area contributed by atoms with Crippen LogP contribution in [0.25, 0.3) is 0 Å². The molecule has 0 aromatic carbocycles. The van der Waals surface area contributed by atoms with Crippen LogP contribution in [0.4, 0.5) is 0 Å². The van der Waals surface area contributed by atoms with E-state index in [0.29, 0.717) is 5.92 Å². The minimum absolute atomic E-state index is 0.199. The number of rotatable bonds is 5. The van der Waals surface area contributed by atoms with Crippen LogP contribution < -0.4 is 5.32 Å². The summed E-state index contributed by atoms with van der Waals surface area (Å²) in [6.07, 6.45) is 6.09. The Morgan fingerprint density at radius 2 is 2.00 bits per heavy atom. The molecule has 0 atom stereocenters. The average molecular weight is 213 g/mol. The van der Waals surface area contributed by atoms with Gasteiger partial charge in [0.25, 0.3) is 0 Å². The number of nitrogens with one attached hydrogen (secondary N) is 1. The maximum Gasteiger partial charge on any atom is 0.223 e. The summed E-state index contributed by atoms with van der Waals surface area (Å²) in [5.41, 5.74) is 0. The molecule has 0 spiro atoms. The Balaban J connectivity index is 2.18. The van der Waals surface area contributed by atoms with Gasteiger partial charge in [0.1, 0.15) is 0 Å². The Morgan fingerprint density at radius 1 is 1.33 bits per heavy atom. The summed E-state index contributed by atoms with van der Waals surface area (Å²) >= 11 is 0. The van der Waals surface area contributed by atoms with E-state index in [4.69, 9.17) is 5.11 Å². The van der Waals surface area contributed by atoms with Crippen LogP contribution in [0.1, 0.15) is 45.4 Å². The SMILES string of the molecule is CCCCNC(=O)C1CCC(CO)CC1. The average Bonchev–Trinajstić information content (AvgIpc) is 2.29. The lowest BCUT2D eigenvalue weighted by Gasteiger charge is -2.26. The van der Waals surface area contributed by atoms with Gasteiger partial charge in [-0.3, -0.25) is 4.79 Å². The van der Waals surface area contributed by atoms with Crippen LogP contribution in [0.2, 0.25) is 0 Å². The molecule has 0 radical (unpaired) electrons. The highest BCUT2D eigenvalue weighted by atomic mass is 16.3. The van der Waals surface area contributed by atoms with Gasteiger partial charge >= 0.3 is 0 Å². The van der Waals surface area contributed by atoms with Crippen molar-refractivity contribution in [1.29, 1.82) is 0 Å². The zero-order chi connectivity index (χ0) is 11.1. The number of hydrogen-bond acceptors (Lipinski definition) is 2. The van der Waals surface area contributed by atoms with Gasteiger partial charge in [0, 0.05) is 19.1 Å². The molecule has 1 aliphatic carbocycles. The largest absolute Gasteiger partial charge is 0.396 e. The number of aliphatic hydroxyl groups is 1. The van der Waals surface area contributed by atoms with E-state index in [1.807, 2.05) is 0 Å². The van der Waals surface area contributed by atoms with Crippen LogP contribution in [-0.2, 0) is 4.79 Å². The Labute approximate surface area is 92.3 Å². The van der Waals surface area contributed by atoms with Gasteiger partial charge in [0.15, 0.2) is 0 Å². The van der Waals surface area contributed by atoms with E-state index in [1.165, 1.54) is 0 Å². The summed E-state index contributed by atoms with van der Waals surface area (Å²) in [5.74, 6) is 0.856. The quantitative estimate of drug-likeness (QED) is 0.683.